The molecule has 3 aromatic carbocycles. The number of rotatable bonds is 7. The van der Waals surface area contributed by atoms with Gasteiger partial charge in [0.05, 0.1) is 22.2 Å². The number of carbonyl (C=O) groups excluding carboxylic acids is 2. The highest BCUT2D eigenvalue weighted by Crippen LogP contribution is 2.35. The molecule has 1 heterocycles. The van der Waals surface area contributed by atoms with Gasteiger partial charge < -0.3 is 9.84 Å². The van der Waals surface area contributed by atoms with Gasteiger partial charge in [-0.1, -0.05) is 34.8 Å². The van der Waals surface area contributed by atoms with Gasteiger partial charge in [-0.25, -0.2) is 0 Å². The number of hydrogen-bond donors (Lipinski definition) is 1. The lowest BCUT2D eigenvalue weighted by Gasteiger charge is -2.13. The molecular weight excluding hydrogens is 533 g/mol. The van der Waals surface area contributed by atoms with E-state index in [1.54, 1.807) is 54.6 Å². The molecule has 0 aliphatic carbocycles. The molecule has 2 amide bonds. The Morgan fingerprint density at radius 2 is 1.69 bits per heavy atom. The number of carbonyl (C=O) groups is 2. The van der Waals surface area contributed by atoms with E-state index < -0.39 is 11.1 Å². The van der Waals surface area contributed by atoms with Crippen LogP contribution in [0.15, 0.2) is 75.8 Å². The van der Waals surface area contributed by atoms with Crippen LogP contribution in [0, 0.1) is 0 Å². The normalized spacial score (nSPS) is 14.9. The molecule has 1 aliphatic heterocycles. The van der Waals surface area contributed by atoms with Crippen LogP contribution in [0.5, 0.6) is 11.5 Å². The van der Waals surface area contributed by atoms with Crippen LogP contribution < -0.4 is 4.74 Å². The van der Waals surface area contributed by atoms with Crippen molar-refractivity contribution in [2.45, 2.75) is 0 Å². The Bertz CT molecular complexity index is 1350. The number of halogens is 3. The molecule has 7 nitrogen and oxygen atoms in total. The lowest BCUT2D eigenvalue weighted by atomic mass is 10.1. The van der Waals surface area contributed by atoms with Gasteiger partial charge in [0.2, 0.25) is 0 Å². The van der Waals surface area contributed by atoms with Gasteiger partial charge in [0.25, 0.3) is 11.1 Å². The molecule has 0 atom stereocenters. The van der Waals surface area contributed by atoms with Crippen molar-refractivity contribution in [1.82, 2.24) is 4.90 Å². The van der Waals surface area contributed by atoms with Crippen molar-refractivity contribution in [2.75, 3.05) is 13.2 Å². The predicted molar refractivity (Wildman–Crippen MR) is 138 cm³/mol. The molecule has 4 rings (SSSR count). The fourth-order valence-corrected chi connectivity index (χ4v) is 4.44. The first-order chi connectivity index (χ1) is 16.8. The summed E-state index contributed by atoms with van der Waals surface area (Å²) in [5.41, 5.74) is 1.15. The van der Waals surface area contributed by atoms with Crippen molar-refractivity contribution in [2.24, 2.45) is 10.2 Å². The quantitative estimate of drug-likeness (QED) is 0.239. The van der Waals surface area contributed by atoms with Crippen molar-refractivity contribution >= 4 is 75.2 Å². The highest BCUT2D eigenvalue weighted by molar-refractivity contribution is 8.18. The van der Waals surface area contributed by atoms with Crippen molar-refractivity contribution in [3.05, 3.63) is 86.2 Å². The Hall–Kier alpha value is -3.04. The lowest BCUT2D eigenvalue weighted by Crippen LogP contribution is -2.32. The zero-order valence-electron chi connectivity index (χ0n) is 17.8. The first kappa shape index (κ1) is 25.1. The summed E-state index contributed by atoms with van der Waals surface area (Å²) >= 11 is 18.6. The highest BCUT2D eigenvalue weighted by atomic mass is 35.5. The lowest BCUT2D eigenvalue weighted by molar-refractivity contribution is -0.123. The van der Waals surface area contributed by atoms with E-state index in [2.05, 4.69) is 10.2 Å². The van der Waals surface area contributed by atoms with Crippen molar-refractivity contribution in [1.29, 1.82) is 0 Å². The van der Waals surface area contributed by atoms with Crippen LogP contribution in [0.1, 0.15) is 5.56 Å². The van der Waals surface area contributed by atoms with E-state index in [4.69, 9.17) is 39.5 Å². The molecule has 0 bridgehead atoms. The Balaban J connectivity index is 1.45. The zero-order chi connectivity index (χ0) is 24.9. The van der Waals surface area contributed by atoms with Gasteiger partial charge in [-0.05, 0) is 78.5 Å². The van der Waals surface area contributed by atoms with E-state index in [0.717, 1.165) is 16.7 Å². The Kier molecular flexibility index (Phi) is 7.97. The standard InChI is InChI=1S/C24H16Cl3N3O4S/c25-15-1-5-18(6-2-15)34-10-9-30-23(32)22(35-24(30)33)12-14-11-17(4-8-21(14)31)28-29-20-7-3-16(26)13-19(20)27/h1-8,11-13,31H,9-10H2/b22-12-,29-28?. The summed E-state index contributed by atoms with van der Waals surface area (Å²) in [5.74, 6) is 0.0260. The molecule has 1 saturated heterocycles. The number of phenolic OH excluding ortho intramolecular Hbond substituents is 1. The van der Waals surface area contributed by atoms with Gasteiger partial charge in [-0.2, -0.15) is 5.11 Å². The topological polar surface area (TPSA) is 91.6 Å². The monoisotopic (exact) mass is 547 g/mol. The highest BCUT2D eigenvalue weighted by Gasteiger charge is 2.35. The largest absolute Gasteiger partial charge is 0.507 e. The average Bonchev–Trinajstić information content (AvgIpc) is 3.09. The van der Waals surface area contributed by atoms with Crippen LogP contribution in [-0.4, -0.2) is 34.3 Å². The minimum atomic E-state index is -0.473. The van der Waals surface area contributed by atoms with Gasteiger partial charge in [0.1, 0.15) is 23.8 Å². The fourth-order valence-electron chi connectivity index (χ4n) is 3.01. The summed E-state index contributed by atoms with van der Waals surface area (Å²) in [5, 5.41) is 19.5. The second kappa shape index (κ2) is 11.1. The number of thioether (sulfide) groups is 1. The summed E-state index contributed by atoms with van der Waals surface area (Å²) in [6, 6.07) is 16.1. The molecule has 0 spiro atoms. The molecule has 0 saturated carbocycles. The predicted octanol–water partition coefficient (Wildman–Crippen LogP) is 7.88. The van der Waals surface area contributed by atoms with Gasteiger partial charge >= 0.3 is 0 Å². The van der Waals surface area contributed by atoms with Crippen LogP contribution in [0.2, 0.25) is 15.1 Å². The fraction of sp³-hybridized carbons (Fsp3) is 0.0833. The molecule has 1 N–H and O–H groups in total. The molecule has 1 aliphatic rings. The third-order valence-electron chi connectivity index (χ3n) is 4.75. The van der Waals surface area contributed by atoms with E-state index in [1.807, 2.05) is 0 Å². The van der Waals surface area contributed by atoms with Gasteiger partial charge in [-0.3, -0.25) is 14.5 Å². The molecule has 11 heteroatoms. The van der Waals surface area contributed by atoms with Crippen molar-refractivity contribution in [3.8, 4) is 11.5 Å². The Morgan fingerprint density at radius 1 is 0.943 bits per heavy atom. The zero-order valence-corrected chi connectivity index (χ0v) is 20.9. The van der Waals surface area contributed by atoms with Crippen molar-refractivity contribution < 1.29 is 19.4 Å². The first-order valence-corrected chi connectivity index (χ1v) is 12.1. The van der Waals surface area contributed by atoms with Crippen LogP contribution in [-0.2, 0) is 4.79 Å². The molecule has 1 fully saturated rings. The second-order valence-electron chi connectivity index (χ2n) is 7.17. The van der Waals surface area contributed by atoms with E-state index >= 15 is 0 Å². The van der Waals surface area contributed by atoms with E-state index in [9.17, 15) is 14.7 Å². The molecular formula is C24H16Cl3N3O4S. The molecule has 3 aromatic rings. The number of hydrogen-bond acceptors (Lipinski definition) is 7. The summed E-state index contributed by atoms with van der Waals surface area (Å²) in [7, 11) is 0. The molecule has 35 heavy (non-hydrogen) atoms. The summed E-state index contributed by atoms with van der Waals surface area (Å²) in [6.45, 7) is 0.202. The van der Waals surface area contributed by atoms with E-state index in [0.29, 0.717) is 37.8 Å². The summed E-state index contributed by atoms with van der Waals surface area (Å²) in [6.07, 6.45) is 1.44. The Morgan fingerprint density at radius 3 is 2.43 bits per heavy atom. The number of phenols is 1. The molecule has 0 aromatic heterocycles. The number of aromatic hydroxyl groups is 1. The van der Waals surface area contributed by atoms with E-state index in [1.165, 1.54) is 12.1 Å². The summed E-state index contributed by atoms with van der Waals surface area (Å²) in [4.78, 5) is 26.4. The van der Waals surface area contributed by atoms with Gasteiger partial charge in [0.15, 0.2) is 0 Å². The second-order valence-corrected chi connectivity index (χ2v) is 9.45. The maximum Gasteiger partial charge on any atom is 0.293 e. The third-order valence-corrected chi connectivity index (χ3v) is 6.45. The number of imide groups is 1. The SMILES string of the molecule is O=C1S/C(=C\c2cc(N=Nc3ccc(Cl)cc3Cl)ccc2O)C(=O)N1CCOc1ccc(Cl)cc1. The van der Waals surface area contributed by atoms with Crippen LogP contribution in [0.4, 0.5) is 16.2 Å². The van der Waals surface area contributed by atoms with Gasteiger partial charge in [0, 0.05) is 15.6 Å². The van der Waals surface area contributed by atoms with E-state index in [-0.39, 0.29) is 23.8 Å². The van der Waals surface area contributed by atoms with Crippen LogP contribution in [0.3, 0.4) is 0 Å². The third kappa shape index (κ3) is 6.35. The minimum Gasteiger partial charge on any atom is -0.507 e. The number of ether oxygens (including phenoxy) is 1. The molecule has 0 radical (unpaired) electrons. The number of amides is 2. The van der Waals surface area contributed by atoms with Gasteiger partial charge in [-0.15, -0.1) is 5.11 Å². The minimum absolute atomic E-state index is 0.0761. The van der Waals surface area contributed by atoms with Crippen molar-refractivity contribution in [3.63, 3.8) is 0 Å². The average molecular weight is 549 g/mol. The Labute approximate surface area is 220 Å². The maximum atomic E-state index is 12.8. The first-order valence-electron chi connectivity index (χ1n) is 10.1. The van der Waals surface area contributed by atoms with Crippen LogP contribution in [0.25, 0.3) is 6.08 Å². The van der Waals surface area contributed by atoms with Crippen LogP contribution >= 0.6 is 46.6 Å². The smallest absolute Gasteiger partial charge is 0.293 e. The number of nitrogens with zero attached hydrogens (tertiary/aromatic N) is 3. The molecule has 0 unspecified atom stereocenters. The maximum absolute atomic E-state index is 12.8. The summed E-state index contributed by atoms with van der Waals surface area (Å²) < 4.78 is 5.57. The number of benzene rings is 3. The molecule has 178 valence electrons. The number of azo groups is 1.